The van der Waals surface area contributed by atoms with Crippen LogP contribution < -0.4 is 0 Å². The summed E-state index contributed by atoms with van der Waals surface area (Å²) >= 11 is 1.71. The first-order valence-corrected chi connectivity index (χ1v) is 4.26. The van der Waals surface area contributed by atoms with E-state index in [1.807, 2.05) is 41.1 Å². The predicted octanol–water partition coefficient (Wildman–Crippen LogP) is 3.25. The number of hydrogen-bond donors (Lipinski definition) is 0. The van der Waals surface area contributed by atoms with Crippen molar-refractivity contribution in [3.05, 3.63) is 53.5 Å². The van der Waals surface area contributed by atoms with Crippen LogP contribution in [0.15, 0.2) is 53.5 Å². The molecular weight excluding hydrogens is 190 g/mol. The van der Waals surface area contributed by atoms with Crippen molar-refractivity contribution in [2.75, 3.05) is 0 Å². The average molecular weight is 200 g/mol. The second-order valence-electron chi connectivity index (χ2n) is 1.82. The maximum atomic E-state index is 3.78. The van der Waals surface area contributed by atoms with Gasteiger partial charge in [0.05, 0.1) is 0 Å². The van der Waals surface area contributed by atoms with E-state index in [0.717, 1.165) is 0 Å². The summed E-state index contributed by atoms with van der Waals surface area (Å²) < 4.78 is 0. The van der Waals surface area contributed by atoms with E-state index in [-0.39, 0.29) is 12.4 Å². The first kappa shape index (κ1) is 11.1. The lowest BCUT2D eigenvalue weighted by Crippen LogP contribution is -1.58. The summed E-state index contributed by atoms with van der Waals surface area (Å²) in [6.45, 7) is 0. The number of pyridine rings is 1. The van der Waals surface area contributed by atoms with Gasteiger partial charge in [-0.05, 0) is 22.9 Å². The largest absolute Gasteiger partial charge is 0.265 e. The first-order valence-electron chi connectivity index (χ1n) is 3.32. The summed E-state index contributed by atoms with van der Waals surface area (Å²) in [7, 11) is 0. The molecule has 0 radical (unpaired) electrons. The maximum Gasteiger partial charge on any atom is 0.0267 e. The highest BCUT2D eigenvalue weighted by atomic mass is 35.5. The summed E-state index contributed by atoms with van der Waals surface area (Å²) in [6, 6.07) is 9.75. The molecule has 1 nitrogen and oxygen atoms in total. The third-order valence-corrected chi connectivity index (χ3v) is 1.62. The third kappa shape index (κ3) is 5.89. The number of aromatic nitrogens is 1. The number of halogens is 1. The lowest BCUT2D eigenvalue weighted by molar-refractivity contribution is 1.33. The Morgan fingerprint density at radius 1 is 0.750 bits per heavy atom. The van der Waals surface area contributed by atoms with Crippen molar-refractivity contribution in [1.29, 1.82) is 0 Å². The van der Waals surface area contributed by atoms with E-state index >= 15 is 0 Å². The van der Waals surface area contributed by atoms with Crippen LogP contribution in [-0.2, 0) is 0 Å². The minimum Gasteiger partial charge on any atom is -0.265 e. The van der Waals surface area contributed by atoms with Crippen molar-refractivity contribution >= 4 is 23.7 Å². The zero-order valence-electron chi connectivity index (χ0n) is 6.46. The first-order chi connectivity index (χ1) is 5.50. The quantitative estimate of drug-likeness (QED) is 0.635. The molecule has 0 aliphatic rings. The number of rotatable bonds is 0. The van der Waals surface area contributed by atoms with Crippen LogP contribution in [0.3, 0.4) is 0 Å². The van der Waals surface area contributed by atoms with Gasteiger partial charge in [0.25, 0.3) is 0 Å². The molecular formula is C9H10ClNS. The summed E-state index contributed by atoms with van der Waals surface area (Å²) in [4.78, 5) is 3.78. The topological polar surface area (TPSA) is 12.9 Å². The van der Waals surface area contributed by atoms with Crippen LogP contribution in [0.5, 0.6) is 0 Å². The Bertz CT molecular complexity index is 200. The molecule has 0 N–H and O–H groups in total. The minimum absolute atomic E-state index is 0. The third-order valence-electron chi connectivity index (χ3n) is 0.992. The highest BCUT2D eigenvalue weighted by Gasteiger charge is 1.59. The lowest BCUT2D eigenvalue weighted by atomic mass is 10.5. The van der Waals surface area contributed by atoms with Crippen molar-refractivity contribution in [1.82, 2.24) is 4.98 Å². The van der Waals surface area contributed by atoms with Gasteiger partial charge in [0.1, 0.15) is 0 Å². The molecule has 64 valence electrons. The van der Waals surface area contributed by atoms with Crippen molar-refractivity contribution < 1.29 is 0 Å². The molecule has 0 amide bonds. The fourth-order valence-electron chi connectivity index (χ4n) is 0.539. The van der Waals surface area contributed by atoms with E-state index in [9.17, 15) is 0 Å². The van der Waals surface area contributed by atoms with E-state index < -0.39 is 0 Å². The molecule has 0 bridgehead atoms. The number of nitrogens with zero attached hydrogens (tertiary/aromatic N) is 1. The van der Waals surface area contributed by atoms with E-state index in [0.29, 0.717) is 0 Å². The minimum atomic E-state index is 0. The smallest absolute Gasteiger partial charge is 0.0267 e. The van der Waals surface area contributed by atoms with Gasteiger partial charge >= 0.3 is 0 Å². The predicted molar refractivity (Wildman–Crippen MR) is 55.8 cm³/mol. The van der Waals surface area contributed by atoms with Crippen molar-refractivity contribution in [2.24, 2.45) is 0 Å². The molecule has 12 heavy (non-hydrogen) atoms. The zero-order chi connectivity index (χ0) is 7.78. The second kappa shape index (κ2) is 8.24. The molecule has 0 unspecified atom stereocenters. The highest BCUT2D eigenvalue weighted by molar-refractivity contribution is 7.07. The van der Waals surface area contributed by atoms with Crippen molar-refractivity contribution in [3.63, 3.8) is 0 Å². The Balaban J connectivity index is 0.000000189. The van der Waals surface area contributed by atoms with E-state index in [1.54, 1.807) is 23.7 Å². The molecule has 2 rings (SSSR count). The Kier molecular flexibility index (Phi) is 7.65. The van der Waals surface area contributed by atoms with Gasteiger partial charge in [-0.25, -0.2) is 0 Å². The van der Waals surface area contributed by atoms with E-state index in [2.05, 4.69) is 4.98 Å². The fraction of sp³-hybridized carbons (Fsp3) is 0. The molecule has 0 aliphatic heterocycles. The van der Waals surface area contributed by atoms with Gasteiger partial charge in [0.15, 0.2) is 0 Å². The molecule has 2 aromatic rings. The lowest BCUT2D eigenvalue weighted by Gasteiger charge is -1.70. The van der Waals surface area contributed by atoms with Gasteiger partial charge in [-0.3, -0.25) is 4.98 Å². The van der Waals surface area contributed by atoms with Gasteiger partial charge in [0, 0.05) is 12.4 Å². The van der Waals surface area contributed by atoms with Crippen molar-refractivity contribution in [3.8, 4) is 0 Å². The van der Waals surface area contributed by atoms with Gasteiger partial charge in [0.2, 0.25) is 0 Å². The molecule has 0 aromatic carbocycles. The van der Waals surface area contributed by atoms with Crippen LogP contribution >= 0.6 is 23.7 Å². The molecule has 0 aliphatic carbocycles. The van der Waals surface area contributed by atoms with Gasteiger partial charge in [-0.2, -0.15) is 11.3 Å². The average Bonchev–Trinajstić information content (AvgIpc) is 2.64. The Hall–Kier alpha value is -0.860. The second-order valence-corrected chi connectivity index (χ2v) is 2.63. The molecule has 2 aromatic heterocycles. The molecule has 3 heteroatoms. The number of hydrogen-bond acceptors (Lipinski definition) is 2. The summed E-state index contributed by atoms with van der Waals surface area (Å²) in [5.74, 6) is 0. The zero-order valence-corrected chi connectivity index (χ0v) is 8.09. The molecule has 2 heterocycles. The van der Waals surface area contributed by atoms with Gasteiger partial charge in [-0.15, -0.1) is 12.4 Å². The van der Waals surface area contributed by atoms with Crippen LogP contribution in [0.25, 0.3) is 0 Å². The van der Waals surface area contributed by atoms with Crippen LogP contribution in [0, 0.1) is 0 Å². The van der Waals surface area contributed by atoms with Crippen LogP contribution in [0.4, 0.5) is 0 Å². The standard InChI is InChI=1S/C5H5N.C4H4S.ClH/c1-2-4-6-5-3-1;1-2-4-5-3-1;/h1-5H;1-4H;1H. The fourth-order valence-corrected chi connectivity index (χ4v) is 0.993. The monoisotopic (exact) mass is 199 g/mol. The van der Waals surface area contributed by atoms with Gasteiger partial charge < -0.3 is 0 Å². The molecule has 0 spiro atoms. The van der Waals surface area contributed by atoms with Crippen LogP contribution in [-0.4, -0.2) is 4.98 Å². The Morgan fingerprint density at radius 2 is 1.33 bits per heavy atom. The molecule has 0 fully saturated rings. The summed E-state index contributed by atoms with van der Waals surface area (Å²) in [5, 5.41) is 4.08. The molecule has 0 saturated carbocycles. The Morgan fingerprint density at radius 3 is 1.50 bits per heavy atom. The normalized spacial score (nSPS) is 7.33. The Labute approximate surface area is 82.5 Å². The SMILES string of the molecule is Cl.c1ccncc1.c1ccsc1. The molecule has 0 atom stereocenters. The van der Waals surface area contributed by atoms with Crippen molar-refractivity contribution in [2.45, 2.75) is 0 Å². The van der Waals surface area contributed by atoms with Gasteiger partial charge in [-0.1, -0.05) is 18.2 Å². The van der Waals surface area contributed by atoms with Crippen LogP contribution in [0.1, 0.15) is 0 Å². The summed E-state index contributed by atoms with van der Waals surface area (Å²) in [6.07, 6.45) is 3.50. The molecule has 0 saturated heterocycles. The summed E-state index contributed by atoms with van der Waals surface area (Å²) in [5.41, 5.74) is 0. The number of thiophene rings is 1. The highest BCUT2D eigenvalue weighted by Crippen LogP contribution is 1.91. The maximum absolute atomic E-state index is 3.78. The van der Waals surface area contributed by atoms with Crippen LogP contribution in [0.2, 0.25) is 0 Å². The van der Waals surface area contributed by atoms with E-state index in [4.69, 9.17) is 0 Å². The van der Waals surface area contributed by atoms with E-state index in [1.165, 1.54) is 0 Å².